The number of rotatable bonds is 9. The molecule has 3 aromatic rings. The number of esters is 1. The number of hydrogen-bond donors (Lipinski definition) is 2. The number of fused-ring (bicyclic) bond motifs is 6. The molecule has 5 amide bonds. The number of methoxy groups -OCH3 is 1. The SMILES string of the molecule is C=CC(=O)N1CCN(C)C2(CCN(C(=O)N(C)[C@H](C(=O)N[C@]3([Si])Cc4nc(cs4)C4(C)C=Cc5c(c(c(-c6cccnc6[C@H](C)OC)n5CC)CC(C)(C)COC(=O)C5CCCN(N5)C3=O)C4)C(C)C)CC2)C1. The van der Waals surface area contributed by atoms with Gasteiger partial charge in [0.2, 0.25) is 11.8 Å². The number of hydrogen-bond acceptors (Lipinski definition) is 12. The average Bonchev–Trinajstić information content (AvgIpc) is 3.97. The number of carbonyl (C=O) groups is 5. The second-order valence-corrected chi connectivity index (χ2v) is 24.1. The van der Waals surface area contributed by atoms with E-state index in [9.17, 15) is 19.2 Å². The van der Waals surface area contributed by atoms with Crippen LogP contribution < -0.4 is 10.7 Å². The average molecular weight is 1040 g/mol. The van der Waals surface area contributed by atoms with Crippen molar-refractivity contribution in [2.24, 2.45) is 11.3 Å². The first kappa shape index (κ1) is 54.1. The second kappa shape index (κ2) is 21.2. The quantitative estimate of drug-likeness (QED) is 0.162. The summed E-state index contributed by atoms with van der Waals surface area (Å²) >= 11 is 1.42. The molecule has 0 aromatic carbocycles. The van der Waals surface area contributed by atoms with Crippen LogP contribution in [0.1, 0.15) is 113 Å². The van der Waals surface area contributed by atoms with E-state index in [4.69, 9.17) is 19.4 Å². The Morgan fingerprint density at radius 1 is 1.07 bits per heavy atom. The summed E-state index contributed by atoms with van der Waals surface area (Å²) in [4.78, 5) is 88.7. The Labute approximate surface area is 438 Å². The van der Waals surface area contributed by atoms with Gasteiger partial charge in [-0.25, -0.2) is 15.2 Å². The highest BCUT2D eigenvalue weighted by Crippen LogP contribution is 2.46. The lowest BCUT2D eigenvalue weighted by Gasteiger charge is -2.53. The third kappa shape index (κ3) is 10.6. The molecule has 5 atom stereocenters. The third-order valence-electron chi connectivity index (χ3n) is 16.1. The summed E-state index contributed by atoms with van der Waals surface area (Å²) in [6.07, 6.45) is 10.8. The summed E-state index contributed by atoms with van der Waals surface area (Å²) < 4.78 is 14.4. The number of amides is 5. The van der Waals surface area contributed by atoms with Gasteiger partial charge >= 0.3 is 12.0 Å². The Bertz CT molecular complexity index is 2640. The minimum atomic E-state index is -1.75. The van der Waals surface area contributed by atoms with E-state index in [0.29, 0.717) is 76.3 Å². The number of aromatic nitrogens is 3. The third-order valence-corrected chi connectivity index (χ3v) is 17.5. The number of nitrogens with one attached hydrogen (secondary N) is 2. The number of likely N-dealkylation sites (tertiary alicyclic amines) is 1. The van der Waals surface area contributed by atoms with Gasteiger partial charge in [-0.2, -0.15) is 0 Å². The van der Waals surface area contributed by atoms with Crippen LogP contribution in [0.3, 0.4) is 0 Å². The summed E-state index contributed by atoms with van der Waals surface area (Å²) in [7, 11) is 9.28. The predicted molar refractivity (Wildman–Crippen MR) is 282 cm³/mol. The maximum atomic E-state index is 15.1. The zero-order valence-corrected chi connectivity index (χ0v) is 46.3. The van der Waals surface area contributed by atoms with E-state index in [2.05, 4.69) is 90.0 Å². The topological polar surface area (TPSA) is 175 Å². The molecular formula is C54H75N10O7SSi. The van der Waals surface area contributed by atoms with Crippen molar-refractivity contribution >= 4 is 57.4 Å². The van der Waals surface area contributed by atoms with Crippen LogP contribution >= 0.6 is 11.3 Å². The van der Waals surface area contributed by atoms with Gasteiger partial charge < -0.3 is 34.1 Å². The van der Waals surface area contributed by atoms with Crippen LogP contribution in [0.5, 0.6) is 0 Å². The molecule has 2 N–H and O–H groups in total. The van der Waals surface area contributed by atoms with Crippen LogP contribution in [0, 0.1) is 11.3 Å². The van der Waals surface area contributed by atoms with Gasteiger partial charge in [-0.05, 0) is 101 Å². The van der Waals surface area contributed by atoms with Crippen molar-refractivity contribution in [3.8, 4) is 11.3 Å². The molecule has 4 aliphatic heterocycles. The van der Waals surface area contributed by atoms with Crippen molar-refractivity contribution in [3.05, 3.63) is 75.7 Å². The van der Waals surface area contributed by atoms with E-state index < -0.39 is 45.9 Å². The monoisotopic (exact) mass is 1040 g/mol. The number of carbonyl (C=O) groups excluding carboxylic acids is 5. The highest BCUT2D eigenvalue weighted by molar-refractivity contribution is 7.09. The molecule has 1 spiro atoms. The standard InChI is InChI=1S/C54H75N10O7SSi/c1-12-43(65)62-27-26-59(9)53(32-62)20-24-61(25-21-53)50(69)60(10)45(34(3)4)47(66)57-54(73)30-42-56-41(31-72-42)52(8)19-18-40-37(29-52)38(46(63(40)13-2)36-16-14-22-55-44(36)35(5)70-11)28-51(6,7)33-71-48(67)39-17-15-23-64(58-39)49(54)68/h12,14,16,18-19,22,31,34-35,39,45,58H,1,13,15,17,20-21,23-30,32-33H2,2-11H3,(H,57,66)/t35-,39?,45-,52?,54-/m0/s1. The fourth-order valence-corrected chi connectivity index (χ4v) is 13.3. The highest BCUT2D eigenvalue weighted by Gasteiger charge is 2.48. The predicted octanol–water partition coefficient (Wildman–Crippen LogP) is 5.28. The Balaban J connectivity index is 1.11. The van der Waals surface area contributed by atoms with Gasteiger partial charge in [0.15, 0.2) is 0 Å². The first-order chi connectivity index (χ1) is 34.6. The summed E-state index contributed by atoms with van der Waals surface area (Å²) in [6, 6.07) is 2.01. The highest BCUT2D eigenvalue weighted by atomic mass is 32.1. The number of allylic oxidation sites excluding steroid dienone is 1. The lowest BCUT2D eigenvalue weighted by Crippen LogP contribution is -2.69. The lowest BCUT2D eigenvalue weighted by atomic mass is 9.74. The summed E-state index contributed by atoms with van der Waals surface area (Å²) in [5, 5.41) is 5.41. The Morgan fingerprint density at radius 3 is 2.49 bits per heavy atom. The number of hydrazine groups is 1. The normalized spacial score (nSPS) is 25.2. The van der Waals surface area contributed by atoms with Gasteiger partial charge in [0, 0.05) is 106 Å². The van der Waals surface area contributed by atoms with E-state index in [0.717, 1.165) is 40.4 Å². The molecule has 6 bridgehead atoms. The number of piperidine rings is 1. The first-order valence-electron chi connectivity index (χ1n) is 25.9. The molecule has 5 aliphatic rings. The molecule has 1 aliphatic carbocycles. The number of ether oxygens (including phenoxy) is 2. The van der Waals surface area contributed by atoms with Crippen LogP contribution in [0.4, 0.5) is 4.79 Å². The van der Waals surface area contributed by atoms with Gasteiger partial charge in [0.25, 0.3) is 5.91 Å². The molecule has 3 radical (unpaired) electrons. The zero-order chi connectivity index (χ0) is 52.8. The van der Waals surface area contributed by atoms with Crippen LogP contribution in [0.25, 0.3) is 17.3 Å². The van der Waals surface area contributed by atoms with Crippen LogP contribution in [0.2, 0.25) is 0 Å². The van der Waals surface area contributed by atoms with E-state index in [1.807, 2.05) is 37.1 Å². The van der Waals surface area contributed by atoms with Crippen molar-refractivity contribution < 1.29 is 33.4 Å². The maximum Gasteiger partial charge on any atom is 0.324 e. The van der Waals surface area contributed by atoms with E-state index in [1.54, 1.807) is 25.3 Å². The molecule has 7 heterocycles. The van der Waals surface area contributed by atoms with Crippen molar-refractivity contribution in [2.75, 3.05) is 67.1 Å². The van der Waals surface area contributed by atoms with E-state index >= 15 is 4.79 Å². The van der Waals surface area contributed by atoms with Crippen molar-refractivity contribution in [1.29, 1.82) is 0 Å². The minimum Gasteiger partial charge on any atom is -0.464 e. The van der Waals surface area contributed by atoms with Gasteiger partial charge in [-0.15, -0.1) is 11.3 Å². The molecule has 17 nitrogen and oxygen atoms in total. The van der Waals surface area contributed by atoms with Gasteiger partial charge in [0.05, 0.1) is 45.0 Å². The summed E-state index contributed by atoms with van der Waals surface area (Å²) in [5.74, 6) is -1.92. The molecule has 3 aromatic heterocycles. The van der Waals surface area contributed by atoms with Gasteiger partial charge in [0.1, 0.15) is 17.2 Å². The number of thiazole rings is 1. The Kier molecular flexibility index (Phi) is 15.7. The number of pyridine rings is 1. The summed E-state index contributed by atoms with van der Waals surface area (Å²) in [6.45, 7) is 22.0. The molecule has 3 saturated heterocycles. The summed E-state index contributed by atoms with van der Waals surface area (Å²) in [5.41, 5.74) is 9.05. The number of cyclic esters (lactones) is 1. The van der Waals surface area contributed by atoms with E-state index in [1.165, 1.54) is 32.9 Å². The number of nitrogens with zero attached hydrogens (tertiary/aromatic N) is 8. The molecule has 393 valence electrons. The molecular weight excluding hydrogens is 961 g/mol. The van der Waals surface area contributed by atoms with Crippen LogP contribution in [-0.2, 0) is 59.9 Å². The fraction of sp³-hybridized carbons (Fsp3) is 0.611. The Hall–Kier alpha value is -5.21. The Morgan fingerprint density at radius 2 is 1.81 bits per heavy atom. The van der Waals surface area contributed by atoms with E-state index in [-0.39, 0.29) is 49.1 Å². The molecule has 3 fully saturated rings. The first-order valence-corrected chi connectivity index (χ1v) is 27.3. The zero-order valence-electron chi connectivity index (χ0n) is 44.5. The fourth-order valence-electron chi connectivity index (χ4n) is 11.7. The molecule has 0 saturated carbocycles. The number of piperazine rings is 1. The minimum absolute atomic E-state index is 0.0235. The van der Waals surface area contributed by atoms with Crippen molar-refractivity contribution in [2.45, 2.75) is 134 Å². The van der Waals surface area contributed by atoms with Crippen LogP contribution in [0.15, 0.2) is 42.4 Å². The van der Waals surface area contributed by atoms with Gasteiger partial charge in [-0.1, -0.05) is 47.3 Å². The molecule has 19 heteroatoms. The second-order valence-electron chi connectivity index (χ2n) is 22.3. The molecule has 2 unspecified atom stereocenters. The van der Waals surface area contributed by atoms with Crippen LogP contribution in [-0.4, -0.2) is 169 Å². The largest absolute Gasteiger partial charge is 0.464 e. The lowest BCUT2D eigenvalue weighted by molar-refractivity contribution is -0.156. The number of likely N-dealkylation sites (N-methyl/N-ethyl adjacent to an activating group) is 2. The van der Waals surface area contributed by atoms with Crippen molar-refractivity contribution in [3.63, 3.8) is 0 Å². The molecule has 8 rings (SSSR count). The maximum absolute atomic E-state index is 15.1. The smallest absolute Gasteiger partial charge is 0.324 e. The van der Waals surface area contributed by atoms with Crippen molar-refractivity contribution in [1.82, 2.24) is 49.9 Å². The number of urea groups is 1. The van der Waals surface area contributed by atoms with Gasteiger partial charge in [-0.3, -0.25) is 34.1 Å². The molecule has 73 heavy (non-hydrogen) atoms.